The normalized spacial score (nSPS) is 24.1. The maximum absolute atomic E-state index is 6.28. The first-order chi connectivity index (χ1) is 8.20. The summed E-state index contributed by atoms with van der Waals surface area (Å²) in [5.41, 5.74) is 1.73. The van der Waals surface area contributed by atoms with Gasteiger partial charge in [-0.15, -0.1) is 11.6 Å². The van der Waals surface area contributed by atoms with Gasteiger partial charge in [-0.3, -0.25) is 0 Å². The molecule has 0 fully saturated rings. The molecule has 1 aliphatic rings. The van der Waals surface area contributed by atoms with E-state index in [1.54, 1.807) is 0 Å². The Kier molecular flexibility index (Phi) is 4.42. The van der Waals surface area contributed by atoms with Crippen LogP contribution in [0.15, 0.2) is 33.9 Å². The van der Waals surface area contributed by atoms with E-state index in [-0.39, 0.29) is 11.7 Å². The zero-order valence-corrected chi connectivity index (χ0v) is 11.7. The van der Waals surface area contributed by atoms with Crippen molar-refractivity contribution in [3.8, 4) is 0 Å². The molecule has 2 rings (SSSR count). The fourth-order valence-corrected chi connectivity index (χ4v) is 2.21. The first-order valence-corrected chi connectivity index (χ1v) is 6.69. The average molecular weight is 319 g/mol. The van der Waals surface area contributed by atoms with Crippen LogP contribution in [0.1, 0.15) is 18.9 Å². The highest BCUT2D eigenvalue weighted by molar-refractivity contribution is 9.10. The van der Waals surface area contributed by atoms with Crippen LogP contribution in [0.4, 0.5) is 0 Å². The van der Waals surface area contributed by atoms with Crippen LogP contribution in [-0.4, -0.2) is 24.0 Å². The molecule has 3 nitrogen and oxygen atoms in total. The minimum Gasteiger partial charge on any atom is -0.363 e. The molecule has 1 aliphatic heterocycles. The second-order valence-corrected chi connectivity index (χ2v) is 5.12. The van der Waals surface area contributed by atoms with Crippen LogP contribution in [-0.2, 0) is 9.57 Å². The van der Waals surface area contributed by atoms with E-state index >= 15 is 0 Å². The molecule has 0 N–H and O–H groups in total. The zero-order valence-electron chi connectivity index (χ0n) is 9.40. The van der Waals surface area contributed by atoms with E-state index in [4.69, 9.17) is 21.2 Å². The predicted molar refractivity (Wildman–Crippen MR) is 71.4 cm³/mol. The highest BCUT2D eigenvalue weighted by Crippen LogP contribution is 2.23. The van der Waals surface area contributed by atoms with Gasteiger partial charge in [0, 0.05) is 23.1 Å². The van der Waals surface area contributed by atoms with Gasteiger partial charge in [0.05, 0.1) is 5.38 Å². The van der Waals surface area contributed by atoms with Crippen LogP contribution < -0.4 is 0 Å². The van der Waals surface area contributed by atoms with Gasteiger partial charge in [0.2, 0.25) is 6.29 Å². The summed E-state index contributed by atoms with van der Waals surface area (Å²) in [6.07, 6.45) is 0.284. The third-order valence-corrected chi connectivity index (χ3v) is 3.37. The number of hydrogen-bond donors (Lipinski definition) is 0. The van der Waals surface area contributed by atoms with E-state index in [9.17, 15) is 0 Å². The molecule has 0 saturated heterocycles. The quantitative estimate of drug-likeness (QED) is 0.798. The van der Waals surface area contributed by atoms with Crippen LogP contribution in [0, 0.1) is 0 Å². The summed E-state index contributed by atoms with van der Waals surface area (Å²) in [5, 5.41) is 3.88. The molecule has 0 aliphatic carbocycles. The number of oxime groups is 1. The fraction of sp³-hybridized carbons (Fsp3) is 0.417. The van der Waals surface area contributed by atoms with Gasteiger partial charge >= 0.3 is 0 Å². The van der Waals surface area contributed by atoms with Crippen molar-refractivity contribution >= 4 is 33.2 Å². The zero-order chi connectivity index (χ0) is 12.3. The van der Waals surface area contributed by atoms with E-state index < -0.39 is 0 Å². The number of halogens is 2. The molecule has 17 heavy (non-hydrogen) atoms. The van der Waals surface area contributed by atoms with Gasteiger partial charge in [-0.2, -0.15) is 0 Å². The molecule has 0 amide bonds. The highest BCUT2D eigenvalue weighted by atomic mass is 79.9. The van der Waals surface area contributed by atoms with Gasteiger partial charge in [-0.1, -0.05) is 33.2 Å². The Morgan fingerprint density at radius 3 is 2.76 bits per heavy atom. The highest BCUT2D eigenvalue weighted by Gasteiger charge is 2.27. The minimum atomic E-state index is -0.332. The van der Waals surface area contributed by atoms with Crippen molar-refractivity contribution in [2.75, 3.05) is 6.61 Å². The number of rotatable bonds is 3. The first kappa shape index (κ1) is 12.9. The van der Waals surface area contributed by atoms with Crippen LogP contribution >= 0.6 is 27.5 Å². The monoisotopic (exact) mass is 317 g/mol. The lowest BCUT2D eigenvalue weighted by molar-refractivity contribution is -0.146. The fourth-order valence-electron chi connectivity index (χ4n) is 1.63. The molecule has 0 spiro atoms. The lowest BCUT2D eigenvalue weighted by Crippen LogP contribution is -2.30. The van der Waals surface area contributed by atoms with Crippen LogP contribution in [0.2, 0.25) is 0 Å². The van der Waals surface area contributed by atoms with Gasteiger partial charge in [-0.05, 0) is 19.1 Å². The minimum absolute atomic E-state index is 0.179. The largest absolute Gasteiger partial charge is 0.363 e. The van der Waals surface area contributed by atoms with Crippen molar-refractivity contribution < 1.29 is 9.57 Å². The molecule has 0 saturated carbocycles. The smallest absolute Gasteiger partial charge is 0.228 e. The van der Waals surface area contributed by atoms with Crippen molar-refractivity contribution in [2.45, 2.75) is 25.0 Å². The molecule has 0 unspecified atom stereocenters. The van der Waals surface area contributed by atoms with E-state index in [1.807, 2.05) is 31.2 Å². The Balaban J connectivity index is 2.14. The van der Waals surface area contributed by atoms with E-state index in [0.29, 0.717) is 13.0 Å². The lowest BCUT2D eigenvalue weighted by atomic mass is 10.0. The van der Waals surface area contributed by atoms with Crippen molar-refractivity contribution in [3.05, 3.63) is 34.3 Å². The predicted octanol–water partition coefficient (Wildman–Crippen LogP) is 3.54. The summed E-state index contributed by atoms with van der Waals surface area (Å²) in [7, 11) is 0. The van der Waals surface area contributed by atoms with Gasteiger partial charge in [0.1, 0.15) is 5.71 Å². The van der Waals surface area contributed by atoms with Gasteiger partial charge < -0.3 is 9.57 Å². The van der Waals surface area contributed by atoms with Crippen molar-refractivity contribution in [1.29, 1.82) is 0 Å². The summed E-state index contributed by atoms with van der Waals surface area (Å²) < 4.78 is 6.36. The Morgan fingerprint density at radius 1 is 1.47 bits per heavy atom. The first-order valence-electron chi connectivity index (χ1n) is 5.46. The molecule has 1 heterocycles. The summed E-state index contributed by atoms with van der Waals surface area (Å²) in [6.45, 7) is 2.51. The number of hydrogen-bond acceptors (Lipinski definition) is 3. The lowest BCUT2D eigenvalue weighted by Gasteiger charge is -2.24. The summed E-state index contributed by atoms with van der Waals surface area (Å²) in [4.78, 5) is 5.26. The molecule has 5 heteroatoms. The topological polar surface area (TPSA) is 30.8 Å². The van der Waals surface area contributed by atoms with E-state index in [2.05, 4.69) is 21.1 Å². The van der Waals surface area contributed by atoms with Gasteiger partial charge in [0.25, 0.3) is 0 Å². The summed E-state index contributed by atoms with van der Waals surface area (Å²) in [5.74, 6) is 0. The molecule has 1 aromatic carbocycles. The molecule has 1 aromatic rings. The van der Waals surface area contributed by atoms with Crippen molar-refractivity contribution in [2.24, 2.45) is 5.16 Å². The maximum Gasteiger partial charge on any atom is 0.228 e. The van der Waals surface area contributed by atoms with Crippen LogP contribution in [0.25, 0.3) is 0 Å². The Hall–Kier alpha value is -0.580. The molecule has 0 radical (unpaired) electrons. The molecule has 2 atom stereocenters. The number of benzene rings is 1. The summed E-state index contributed by atoms with van der Waals surface area (Å²) >= 11 is 9.68. The Labute approximate surface area is 114 Å². The molecule has 92 valence electrons. The third-order valence-electron chi connectivity index (χ3n) is 2.46. The molecular formula is C12H13BrClNO2. The van der Waals surface area contributed by atoms with Crippen LogP contribution in [0.3, 0.4) is 0 Å². The SMILES string of the molecule is CCO[C@@H]1C[C@H](Cl)C(c2ccc(Br)cc2)=NO1. The van der Waals surface area contributed by atoms with Crippen LogP contribution in [0.5, 0.6) is 0 Å². The van der Waals surface area contributed by atoms with E-state index in [1.165, 1.54) is 0 Å². The van der Waals surface area contributed by atoms with Gasteiger partial charge in [-0.25, -0.2) is 0 Å². The maximum atomic E-state index is 6.28. The second kappa shape index (κ2) is 5.85. The van der Waals surface area contributed by atoms with Crippen molar-refractivity contribution in [1.82, 2.24) is 0 Å². The Bertz CT molecular complexity index is 407. The second-order valence-electron chi connectivity index (χ2n) is 3.68. The van der Waals surface area contributed by atoms with Gasteiger partial charge in [0.15, 0.2) is 0 Å². The number of nitrogens with zero attached hydrogens (tertiary/aromatic N) is 1. The molecular weight excluding hydrogens is 305 g/mol. The standard InChI is InChI=1S/C12H13BrClNO2/c1-2-16-11-7-10(14)12(15-17-11)8-3-5-9(13)6-4-8/h3-6,10-11H,2,7H2,1H3/t10-,11-/m0/s1. The average Bonchev–Trinajstić information content (AvgIpc) is 2.31. The number of ether oxygens (including phenoxy) is 1. The van der Waals surface area contributed by atoms with Crippen molar-refractivity contribution in [3.63, 3.8) is 0 Å². The Morgan fingerprint density at radius 2 is 2.18 bits per heavy atom. The number of alkyl halides is 1. The third kappa shape index (κ3) is 3.21. The van der Waals surface area contributed by atoms with E-state index in [0.717, 1.165) is 15.7 Å². The molecule has 0 bridgehead atoms. The summed E-state index contributed by atoms with van der Waals surface area (Å²) in [6, 6.07) is 7.83. The molecule has 0 aromatic heterocycles.